The first-order chi connectivity index (χ1) is 6.79. The van der Waals surface area contributed by atoms with Crippen LogP contribution in [-0.4, -0.2) is 0 Å². The zero-order valence-corrected chi connectivity index (χ0v) is 9.76. The van der Waals surface area contributed by atoms with Gasteiger partial charge in [0.05, 0.1) is 0 Å². The highest BCUT2D eigenvalue weighted by Crippen LogP contribution is 2.20. The molecule has 0 aliphatic heterocycles. The first-order valence-electron chi connectivity index (χ1n) is 4.90. The molecule has 0 atom stereocenters. The molecule has 0 saturated heterocycles. The van der Waals surface area contributed by atoms with E-state index in [9.17, 15) is 0 Å². The molecule has 0 saturated carbocycles. The second kappa shape index (κ2) is 4.14. The summed E-state index contributed by atoms with van der Waals surface area (Å²) in [6, 6.07) is 14.1. The fourth-order valence-corrected chi connectivity index (χ4v) is 1.98. The molecule has 0 N–H and O–H groups in total. The van der Waals surface area contributed by atoms with Crippen molar-refractivity contribution in [1.82, 2.24) is 0 Å². The van der Waals surface area contributed by atoms with E-state index in [1.54, 1.807) is 0 Å². The number of fused-ring (bicyclic) bond motifs is 1. The third kappa shape index (κ3) is 1.98. The first kappa shape index (κ1) is 9.72. The van der Waals surface area contributed by atoms with Gasteiger partial charge in [-0.3, -0.25) is 0 Å². The molecule has 14 heavy (non-hydrogen) atoms. The van der Waals surface area contributed by atoms with Gasteiger partial charge in [0, 0.05) is 4.47 Å². The number of hydrogen-bond acceptors (Lipinski definition) is 0. The molecule has 2 aromatic carbocycles. The molecule has 0 fully saturated rings. The van der Waals surface area contributed by atoms with Crippen LogP contribution in [0.5, 0.6) is 0 Å². The van der Waals surface area contributed by atoms with E-state index in [0.29, 0.717) is 0 Å². The van der Waals surface area contributed by atoms with Crippen molar-refractivity contribution >= 4 is 26.7 Å². The topological polar surface area (TPSA) is 0 Å². The second-order valence-corrected chi connectivity index (χ2v) is 4.38. The summed E-state index contributed by atoms with van der Waals surface area (Å²) in [6.45, 7) is 2.19. The largest absolute Gasteiger partial charge is 0.0651 e. The van der Waals surface area contributed by atoms with Gasteiger partial charge < -0.3 is 0 Å². The van der Waals surface area contributed by atoms with Crippen LogP contribution in [-0.2, 0) is 6.42 Å². The molecule has 1 heteroatoms. The number of hydrogen-bond donors (Lipinski definition) is 0. The smallest absolute Gasteiger partial charge is 0.0181 e. The SMILES string of the molecule is CCCc1[c]c2ccc(Br)cc2cc1. The van der Waals surface area contributed by atoms with Gasteiger partial charge in [-0.25, -0.2) is 0 Å². The lowest BCUT2D eigenvalue weighted by Gasteiger charge is -2.01. The van der Waals surface area contributed by atoms with Crippen LogP contribution in [0.3, 0.4) is 0 Å². The van der Waals surface area contributed by atoms with E-state index >= 15 is 0 Å². The van der Waals surface area contributed by atoms with Gasteiger partial charge in [-0.15, -0.1) is 0 Å². The van der Waals surface area contributed by atoms with E-state index in [1.165, 1.54) is 22.8 Å². The predicted molar refractivity (Wildman–Crippen MR) is 64.5 cm³/mol. The van der Waals surface area contributed by atoms with Gasteiger partial charge >= 0.3 is 0 Å². The molecule has 2 rings (SSSR count). The van der Waals surface area contributed by atoms with Crippen LogP contribution in [0.4, 0.5) is 0 Å². The maximum atomic E-state index is 3.47. The Kier molecular flexibility index (Phi) is 2.87. The number of benzene rings is 2. The maximum Gasteiger partial charge on any atom is 0.0181 e. The lowest BCUT2D eigenvalue weighted by atomic mass is 10.0. The number of aryl methyl sites for hydroxylation is 1. The van der Waals surface area contributed by atoms with Crippen molar-refractivity contribution in [2.24, 2.45) is 0 Å². The van der Waals surface area contributed by atoms with Crippen LogP contribution >= 0.6 is 15.9 Å². The predicted octanol–water partition coefficient (Wildman–Crippen LogP) is 4.35. The van der Waals surface area contributed by atoms with Crippen molar-refractivity contribution in [2.75, 3.05) is 0 Å². The highest BCUT2D eigenvalue weighted by atomic mass is 79.9. The summed E-state index contributed by atoms with van der Waals surface area (Å²) in [5.41, 5.74) is 1.31. The Bertz CT molecular complexity index is 446. The Morgan fingerprint density at radius 2 is 2.07 bits per heavy atom. The van der Waals surface area contributed by atoms with E-state index in [1.807, 2.05) is 0 Å². The van der Waals surface area contributed by atoms with Crippen LogP contribution in [0, 0.1) is 6.07 Å². The first-order valence-corrected chi connectivity index (χ1v) is 5.69. The average Bonchev–Trinajstić information content (AvgIpc) is 2.19. The third-order valence-electron chi connectivity index (χ3n) is 2.29. The van der Waals surface area contributed by atoms with Gasteiger partial charge in [-0.2, -0.15) is 0 Å². The monoisotopic (exact) mass is 247 g/mol. The molecule has 0 heterocycles. The van der Waals surface area contributed by atoms with Crippen LogP contribution in [0.25, 0.3) is 10.8 Å². The highest BCUT2D eigenvalue weighted by Gasteiger charge is 1.97. The third-order valence-corrected chi connectivity index (χ3v) is 2.79. The standard InChI is InChI=1S/C13H12Br/c1-2-3-10-4-5-12-9-13(14)7-6-11(12)8-10/h4-7,9H,2-3H2,1H3. The van der Waals surface area contributed by atoms with E-state index < -0.39 is 0 Å². The molecule has 0 aliphatic carbocycles. The van der Waals surface area contributed by atoms with Gasteiger partial charge in [0.2, 0.25) is 0 Å². The fourth-order valence-electron chi connectivity index (χ4n) is 1.61. The summed E-state index contributed by atoms with van der Waals surface area (Å²) in [5.74, 6) is 0. The summed E-state index contributed by atoms with van der Waals surface area (Å²) < 4.78 is 1.13. The Hall–Kier alpha value is -0.820. The van der Waals surface area contributed by atoms with Crippen molar-refractivity contribution in [1.29, 1.82) is 0 Å². The lowest BCUT2D eigenvalue weighted by molar-refractivity contribution is 0.922. The normalized spacial score (nSPS) is 10.7. The van der Waals surface area contributed by atoms with Crippen LogP contribution in [0.1, 0.15) is 18.9 Å². The molecule has 0 unspecified atom stereocenters. The van der Waals surface area contributed by atoms with Gasteiger partial charge in [0.15, 0.2) is 0 Å². The lowest BCUT2D eigenvalue weighted by Crippen LogP contribution is -1.83. The van der Waals surface area contributed by atoms with Crippen molar-refractivity contribution in [2.45, 2.75) is 19.8 Å². The quantitative estimate of drug-likeness (QED) is 0.740. The summed E-state index contributed by atoms with van der Waals surface area (Å²) in [6.07, 6.45) is 2.30. The molecule has 0 aromatic heterocycles. The number of rotatable bonds is 2. The Morgan fingerprint density at radius 1 is 1.21 bits per heavy atom. The molecule has 1 radical (unpaired) electrons. The molecule has 71 valence electrons. The van der Waals surface area contributed by atoms with E-state index in [0.717, 1.165) is 10.9 Å². The van der Waals surface area contributed by atoms with Crippen LogP contribution in [0.2, 0.25) is 0 Å². The Morgan fingerprint density at radius 3 is 2.86 bits per heavy atom. The van der Waals surface area contributed by atoms with Crippen LogP contribution in [0.15, 0.2) is 34.8 Å². The van der Waals surface area contributed by atoms with Crippen molar-refractivity contribution in [3.63, 3.8) is 0 Å². The number of halogens is 1. The minimum atomic E-state index is 1.12. The average molecular weight is 248 g/mol. The van der Waals surface area contributed by atoms with E-state index in [4.69, 9.17) is 0 Å². The summed E-state index contributed by atoms with van der Waals surface area (Å²) in [4.78, 5) is 0. The van der Waals surface area contributed by atoms with Crippen molar-refractivity contribution in [3.05, 3.63) is 46.4 Å². The molecule has 0 spiro atoms. The summed E-state index contributed by atoms with van der Waals surface area (Å²) in [5, 5.41) is 2.46. The summed E-state index contributed by atoms with van der Waals surface area (Å²) in [7, 11) is 0. The minimum Gasteiger partial charge on any atom is -0.0651 e. The van der Waals surface area contributed by atoms with Crippen molar-refractivity contribution < 1.29 is 0 Å². The second-order valence-electron chi connectivity index (χ2n) is 3.47. The Balaban J connectivity index is 2.50. The molecule has 0 nitrogen and oxygen atoms in total. The maximum absolute atomic E-state index is 3.47. The van der Waals surface area contributed by atoms with Crippen molar-refractivity contribution in [3.8, 4) is 0 Å². The van der Waals surface area contributed by atoms with Gasteiger partial charge in [0.1, 0.15) is 0 Å². The van der Waals surface area contributed by atoms with Gasteiger partial charge in [-0.1, -0.05) is 47.5 Å². The zero-order valence-electron chi connectivity index (χ0n) is 8.18. The molecule has 2 aromatic rings. The van der Waals surface area contributed by atoms with E-state index in [-0.39, 0.29) is 0 Å². The zero-order chi connectivity index (χ0) is 9.97. The molecular formula is C13H12Br. The molecule has 0 amide bonds. The fraction of sp³-hybridized carbons (Fsp3) is 0.231. The summed E-state index contributed by atoms with van der Waals surface area (Å²) >= 11 is 3.47. The minimum absolute atomic E-state index is 1.12. The molecular weight excluding hydrogens is 236 g/mol. The Labute approximate surface area is 93.1 Å². The van der Waals surface area contributed by atoms with E-state index in [2.05, 4.69) is 59.3 Å². The van der Waals surface area contributed by atoms with Crippen LogP contribution < -0.4 is 0 Å². The molecule has 0 bridgehead atoms. The molecule has 0 aliphatic rings. The van der Waals surface area contributed by atoms with Gasteiger partial charge in [-0.05, 0) is 41.0 Å². The van der Waals surface area contributed by atoms with Gasteiger partial charge in [0.25, 0.3) is 0 Å². The highest BCUT2D eigenvalue weighted by molar-refractivity contribution is 9.10.